The van der Waals surface area contributed by atoms with Crippen LogP contribution in [-0.4, -0.2) is 11.8 Å². The predicted molar refractivity (Wildman–Crippen MR) is 103 cm³/mol. The summed E-state index contributed by atoms with van der Waals surface area (Å²) in [6.45, 7) is 0.360. The van der Waals surface area contributed by atoms with E-state index in [1.165, 1.54) is 21.6 Å². The van der Waals surface area contributed by atoms with E-state index in [1.807, 2.05) is 18.2 Å². The largest absolute Gasteiger partial charge is 0.366 e. The fourth-order valence-electron chi connectivity index (χ4n) is 3.29. The summed E-state index contributed by atoms with van der Waals surface area (Å²) in [6, 6.07) is 17.4. The van der Waals surface area contributed by atoms with E-state index in [4.69, 9.17) is 5.73 Å². The molecule has 1 aromatic heterocycles. The van der Waals surface area contributed by atoms with Gasteiger partial charge in [-0.25, -0.2) is 0 Å². The molecule has 0 saturated carbocycles. The Balaban J connectivity index is 1.51. The van der Waals surface area contributed by atoms with E-state index >= 15 is 0 Å². The van der Waals surface area contributed by atoms with Crippen LogP contribution in [0.3, 0.4) is 0 Å². The number of carbonyl (C=O) groups is 2. The third kappa shape index (κ3) is 3.13. The number of hydrogen-bond donors (Lipinski definition) is 2. The number of amides is 2. The van der Waals surface area contributed by atoms with Crippen molar-refractivity contribution in [2.75, 3.05) is 0 Å². The van der Waals surface area contributed by atoms with Gasteiger partial charge in [0.15, 0.2) is 0 Å². The SMILES string of the molecule is NC(=O)c1cccc(CNC(=O)c2cc3c(s2)-c2ccccc2CC3)c1. The van der Waals surface area contributed by atoms with Gasteiger partial charge in [0, 0.05) is 17.0 Å². The monoisotopic (exact) mass is 362 g/mol. The quantitative estimate of drug-likeness (QED) is 0.745. The number of carbonyl (C=O) groups excluding carboxylic acids is 2. The van der Waals surface area contributed by atoms with E-state index in [9.17, 15) is 9.59 Å². The number of rotatable bonds is 4. The Hall–Kier alpha value is -2.92. The molecule has 1 aliphatic carbocycles. The van der Waals surface area contributed by atoms with Crippen molar-refractivity contribution in [2.24, 2.45) is 5.73 Å². The molecule has 4 rings (SSSR count). The smallest absolute Gasteiger partial charge is 0.261 e. The molecule has 0 atom stereocenters. The van der Waals surface area contributed by atoms with Gasteiger partial charge < -0.3 is 11.1 Å². The molecule has 130 valence electrons. The molecule has 0 aliphatic heterocycles. The van der Waals surface area contributed by atoms with Gasteiger partial charge in [-0.15, -0.1) is 11.3 Å². The van der Waals surface area contributed by atoms with Crippen LogP contribution in [-0.2, 0) is 19.4 Å². The third-order valence-electron chi connectivity index (χ3n) is 4.62. The minimum Gasteiger partial charge on any atom is -0.366 e. The maximum Gasteiger partial charge on any atom is 0.261 e. The molecule has 26 heavy (non-hydrogen) atoms. The van der Waals surface area contributed by atoms with E-state index < -0.39 is 5.91 Å². The highest BCUT2D eigenvalue weighted by Gasteiger charge is 2.21. The summed E-state index contributed by atoms with van der Waals surface area (Å²) in [5.74, 6) is -0.561. The molecular formula is C21H18N2O2S. The van der Waals surface area contributed by atoms with Crippen LogP contribution in [0.15, 0.2) is 54.6 Å². The van der Waals surface area contributed by atoms with Crippen LogP contribution in [0.1, 0.15) is 36.7 Å². The molecule has 2 aromatic carbocycles. The minimum absolute atomic E-state index is 0.0913. The lowest BCUT2D eigenvalue weighted by Gasteiger charge is -2.15. The molecule has 4 nitrogen and oxygen atoms in total. The highest BCUT2D eigenvalue weighted by molar-refractivity contribution is 7.17. The van der Waals surface area contributed by atoms with Crippen molar-refractivity contribution in [3.8, 4) is 10.4 Å². The van der Waals surface area contributed by atoms with Crippen molar-refractivity contribution in [1.82, 2.24) is 5.32 Å². The zero-order valence-electron chi connectivity index (χ0n) is 14.1. The first-order valence-electron chi connectivity index (χ1n) is 8.50. The van der Waals surface area contributed by atoms with Gasteiger partial charge in [0.25, 0.3) is 5.91 Å². The lowest BCUT2D eigenvalue weighted by Crippen LogP contribution is -2.22. The maximum atomic E-state index is 12.6. The predicted octanol–water partition coefficient (Wildman–Crippen LogP) is 3.54. The Morgan fingerprint density at radius 3 is 2.65 bits per heavy atom. The Labute approximate surface area is 155 Å². The number of aryl methyl sites for hydroxylation is 2. The molecule has 0 spiro atoms. The molecule has 1 heterocycles. The molecule has 3 N–H and O–H groups in total. The van der Waals surface area contributed by atoms with Crippen LogP contribution < -0.4 is 11.1 Å². The lowest BCUT2D eigenvalue weighted by molar-refractivity contribution is 0.0954. The van der Waals surface area contributed by atoms with E-state index in [0.717, 1.165) is 23.3 Å². The van der Waals surface area contributed by atoms with Gasteiger partial charge in [0.05, 0.1) is 4.88 Å². The first-order valence-corrected chi connectivity index (χ1v) is 9.31. The van der Waals surface area contributed by atoms with Crippen LogP contribution in [0.2, 0.25) is 0 Å². The van der Waals surface area contributed by atoms with E-state index in [2.05, 4.69) is 23.5 Å². The topological polar surface area (TPSA) is 72.2 Å². The van der Waals surface area contributed by atoms with Crippen molar-refractivity contribution < 1.29 is 9.59 Å². The van der Waals surface area contributed by atoms with Crippen LogP contribution in [0.5, 0.6) is 0 Å². The summed E-state index contributed by atoms with van der Waals surface area (Å²) in [5, 5.41) is 2.93. The van der Waals surface area contributed by atoms with Crippen molar-refractivity contribution in [1.29, 1.82) is 0 Å². The second-order valence-corrected chi connectivity index (χ2v) is 7.42. The number of primary amides is 1. The van der Waals surface area contributed by atoms with Gasteiger partial charge >= 0.3 is 0 Å². The van der Waals surface area contributed by atoms with E-state index in [-0.39, 0.29) is 5.91 Å². The van der Waals surface area contributed by atoms with Crippen LogP contribution >= 0.6 is 11.3 Å². The molecule has 0 fully saturated rings. The zero-order chi connectivity index (χ0) is 18.1. The summed E-state index contributed by atoms with van der Waals surface area (Å²) in [6.07, 6.45) is 1.98. The highest BCUT2D eigenvalue weighted by Crippen LogP contribution is 2.39. The standard InChI is InChI=1S/C21H18N2O2S/c22-20(24)16-6-3-4-13(10-16)12-23-21(25)18-11-15-9-8-14-5-1-2-7-17(14)19(15)26-18/h1-7,10-11H,8-9,12H2,(H2,22,24)(H,23,25). The number of nitrogens with one attached hydrogen (secondary N) is 1. The molecule has 0 radical (unpaired) electrons. The first kappa shape index (κ1) is 16.5. The number of thiophene rings is 1. The Bertz CT molecular complexity index is 1010. The van der Waals surface area contributed by atoms with Crippen molar-refractivity contribution in [2.45, 2.75) is 19.4 Å². The van der Waals surface area contributed by atoms with Gasteiger partial charge in [-0.2, -0.15) is 0 Å². The fourth-order valence-corrected chi connectivity index (χ4v) is 4.47. The van der Waals surface area contributed by atoms with Crippen LogP contribution in [0.25, 0.3) is 10.4 Å². The fraction of sp³-hybridized carbons (Fsp3) is 0.143. The maximum absolute atomic E-state index is 12.6. The number of benzene rings is 2. The van der Waals surface area contributed by atoms with E-state index in [1.54, 1.807) is 29.5 Å². The van der Waals surface area contributed by atoms with Crippen molar-refractivity contribution >= 4 is 23.2 Å². The Morgan fingerprint density at radius 1 is 1.00 bits per heavy atom. The molecule has 0 saturated heterocycles. The van der Waals surface area contributed by atoms with Gasteiger partial charge in [-0.3, -0.25) is 9.59 Å². The number of nitrogens with two attached hydrogens (primary N) is 1. The second kappa shape index (κ2) is 6.77. The summed E-state index contributed by atoms with van der Waals surface area (Å²) in [5.41, 5.74) is 10.4. The zero-order valence-corrected chi connectivity index (χ0v) is 14.9. The van der Waals surface area contributed by atoms with E-state index in [0.29, 0.717) is 12.1 Å². The van der Waals surface area contributed by atoms with Gasteiger partial charge in [0.1, 0.15) is 0 Å². The number of hydrogen-bond acceptors (Lipinski definition) is 3. The summed E-state index contributed by atoms with van der Waals surface area (Å²) >= 11 is 1.54. The summed E-state index contributed by atoms with van der Waals surface area (Å²) in [7, 11) is 0. The molecule has 3 aromatic rings. The van der Waals surface area contributed by atoms with Crippen LogP contribution in [0, 0.1) is 0 Å². The molecule has 0 bridgehead atoms. The summed E-state index contributed by atoms with van der Waals surface area (Å²) < 4.78 is 0. The normalized spacial score (nSPS) is 12.2. The minimum atomic E-state index is -0.470. The van der Waals surface area contributed by atoms with Crippen LogP contribution in [0.4, 0.5) is 0 Å². The first-order chi connectivity index (χ1) is 12.6. The average Bonchev–Trinajstić information content (AvgIpc) is 3.11. The number of fused-ring (bicyclic) bond motifs is 3. The molecule has 5 heteroatoms. The van der Waals surface area contributed by atoms with Crippen molar-refractivity contribution in [3.63, 3.8) is 0 Å². The van der Waals surface area contributed by atoms with Gasteiger partial charge in [0.2, 0.25) is 5.91 Å². The third-order valence-corrected chi connectivity index (χ3v) is 5.83. The Kier molecular flexibility index (Phi) is 4.31. The molecule has 0 unspecified atom stereocenters. The molecular weight excluding hydrogens is 344 g/mol. The van der Waals surface area contributed by atoms with Gasteiger partial charge in [-0.05, 0) is 53.3 Å². The lowest BCUT2D eigenvalue weighted by atomic mass is 9.91. The molecule has 1 aliphatic rings. The molecule has 2 amide bonds. The van der Waals surface area contributed by atoms with Gasteiger partial charge in [-0.1, -0.05) is 36.4 Å². The average molecular weight is 362 g/mol. The second-order valence-electron chi connectivity index (χ2n) is 6.37. The van der Waals surface area contributed by atoms with Crippen molar-refractivity contribution in [3.05, 3.63) is 81.7 Å². The Morgan fingerprint density at radius 2 is 1.81 bits per heavy atom. The summed E-state index contributed by atoms with van der Waals surface area (Å²) in [4.78, 5) is 25.8. The highest BCUT2D eigenvalue weighted by atomic mass is 32.1.